The van der Waals surface area contributed by atoms with Crippen molar-refractivity contribution in [2.24, 2.45) is 0 Å². The standard InChI is InChI=1S/C14H22N6O6S/c21-14-19-9-10(20(14)26-27(22,23)24)1-2-11(19)13-17-16-12(25-13)3-6-18-7-4-15-5-8-18/h10-11,15H,1-9H2,(H,22,23,24). The van der Waals surface area contributed by atoms with Crippen LogP contribution in [0.2, 0.25) is 0 Å². The van der Waals surface area contributed by atoms with Crippen molar-refractivity contribution in [3.05, 3.63) is 11.8 Å². The summed E-state index contributed by atoms with van der Waals surface area (Å²) in [6, 6.07) is -1.50. The van der Waals surface area contributed by atoms with Gasteiger partial charge in [-0.2, -0.15) is 13.5 Å². The molecule has 0 spiro atoms. The summed E-state index contributed by atoms with van der Waals surface area (Å²) >= 11 is 0. The number of carbonyl (C=O) groups is 1. The van der Waals surface area contributed by atoms with Crippen LogP contribution in [0.25, 0.3) is 0 Å². The number of hydroxylamine groups is 2. The molecule has 3 aliphatic heterocycles. The van der Waals surface area contributed by atoms with Crippen molar-refractivity contribution >= 4 is 16.4 Å². The third-order valence-electron chi connectivity index (χ3n) is 5.12. The van der Waals surface area contributed by atoms with Gasteiger partial charge in [-0.3, -0.25) is 4.55 Å². The van der Waals surface area contributed by atoms with Crippen LogP contribution in [0.1, 0.15) is 30.7 Å². The molecular weight excluding hydrogens is 380 g/mol. The van der Waals surface area contributed by atoms with Gasteiger partial charge in [0.15, 0.2) is 0 Å². The average molecular weight is 402 g/mol. The highest BCUT2D eigenvalue weighted by Gasteiger charge is 2.49. The minimum atomic E-state index is -4.76. The van der Waals surface area contributed by atoms with E-state index in [1.807, 2.05) is 0 Å². The molecule has 2 bridgehead atoms. The Hall–Kier alpha value is -1.80. The van der Waals surface area contributed by atoms with E-state index in [1.54, 1.807) is 0 Å². The van der Waals surface area contributed by atoms with E-state index in [2.05, 4.69) is 24.7 Å². The molecule has 4 heterocycles. The second kappa shape index (κ2) is 7.31. The van der Waals surface area contributed by atoms with E-state index < -0.39 is 28.5 Å². The lowest BCUT2D eigenvalue weighted by Crippen LogP contribution is -2.44. The van der Waals surface area contributed by atoms with E-state index in [0.717, 1.165) is 32.7 Å². The average Bonchev–Trinajstić information content (AvgIpc) is 3.20. The fourth-order valence-corrected chi connectivity index (χ4v) is 4.17. The van der Waals surface area contributed by atoms with Crippen LogP contribution in [-0.2, 0) is 21.1 Å². The van der Waals surface area contributed by atoms with Crippen molar-refractivity contribution in [2.75, 3.05) is 39.3 Å². The number of urea groups is 1. The highest BCUT2D eigenvalue weighted by atomic mass is 32.3. The number of hydrogen-bond donors (Lipinski definition) is 2. The number of aromatic nitrogens is 2. The van der Waals surface area contributed by atoms with Crippen LogP contribution in [0.3, 0.4) is 0 Å². The number of piperidine rings is 1. The molecule has 0 aromatic carbocycles. The molecule has 3 fully saturated rings. The van der Waals surface area contributed by atoms with Gasteiger partial charge in [-0.1, -0.05) is 0 Å². The number of amides is 2. The van der Waals surface area contributed by atoms with Gasteiger partial charge in [0.05, 0.1) is 6.04 Å². The fraction of sp³-hybridized carbons (Fsp3) is 0.786. The Bertz CT molecular complexity index is 794. The van der Waals surface area contributed by atoms with E-state index in [0.29, 0.717) is 36.1 Å². The molecular formula is C14H22N6O6S. The maximum absolute atomic E-state index is 12.4. The summed E-state index contributed by atoms with van der Waals surface area (Å²) in [6.07, 6.45) is 1.68. The first-order chi connectivity index (χ1) is 12.9. The summed E-state index contributed by atoms with van der Waals surface area (Å²) < 4.78 is 40.9. The number of nitrogens with zero attached hydrogens (tertiary/aromatic N) is 5. The van der Waals surface area contributed by atoms with Crippen LogP contribution in [0.5, 0.6) is 0 Å². The zero-order chi connectivity index (χ0) is 19.0. The van der Waals surface area contributed by atoms with E-state index in [4.69, 9.17) is 8.97 Å². The molecule has 150 valence electrons. The highest BCUT2D eigenvalue weighted by Crippen LogP contribution is 2.38. The molecule has 2 N–H and O–H groups in total. The number of rotatable bonds is 6. The van der Waals surface area contributed by atoms with Gasteiger partial charge in [0.2, 0.25) is 11.8 Å². The molecule has 2 amide bonds. The lowest BCUT2D eigenvalue weighted by atomic mass is 10.0. The largest absolute Gasteiger partial charge is 0.423 e. The first-order valence-electron chi connectivity index (χ1n) is 8.93. The second-order valence-electron chi connectivity index (χ2n) is 6.89. The minimum Gasteiger partial charge on any atom is -0.423 e. The summed E-state index contributed by atoms with van der Waals surface area (Å²) in [5.74, 6) is 0.856. The molecule has 2 unspecified atom stereocenters. The van der Waals surface area contributed by atoms with Crippen LogP contribution in [0, 0.1) is 0 Å². The SMILES string of the molecule is O=C1N2CC(CCC2c2nnc(CCN3CCNCC3)o2)N1OS(=O)(=O)O. The van der Waals surface area contributed by atoms with Crippen molar-refractivity contribution in [1.29, 1.82) is 0 Å². The molecule has 0 radical (unpaired) electrons. The normalized spacial score (nSPS) is 26.8. The number of hydrogen-bond acceptors (Lipinski definition) is 9. The van der Waals surface area contributed by atoms with Gasteiger partial charge in [0.1, 0.15) is 6.04 Å². The van der Waals surface area contributed by atoms with Gasteiger partial charge in [-0.25, -0.2) is 4.79 Å². The maximum atomic E-state index is 12.4. The van der Waals surface area contributed by atoms with Crippen molar-refractivity contribution < 1.29 is 26.5 Å². The third kappa shape index (κ3) is 4.06. The van der Waals surface area contributed by atoms with E-state index in [1.165, 1.54) is 4.90 Å². The van der Waals surface area contributed by atoms with E-state index in [-0.39, 0.29) is 6.54 Å². The molecule has 2 atom stereocenters. The molecule has 12 nitrogen and oxygen atoms in total. The predicted octanol–water partition coefficient (Wildman–Crippen LogP) is -0.807. The fourth-order valence-electron chi connectivity index (χ4n) is 3.78. The van der Waals surface area contributed by atoms with Crippen LogP contribution in [0.4, 0.5) is 4.79 Å². The number of piperazine rings is 1. The molecule has 3 saturated heterocycles. The van der Waals surface area contributed by atoms with Gasteiger partial charge < -0.3 is 19.5 Å². The summed E-state index contributed by atoms with van der Waals surface area (Å²) in [5, 5.41) is 12.2. The molecule has 13 heteroatoms. The Labute approximate surface area is 156 Å². The summed E-state index contributed by atoms with van der Waals surface area (Å²) in [7, 11) is -4.76. The lowest BCUT2D eigenvalue weighted by Gasteiger charge is -2.27. The predicted molar refractivity (Wildman–Crippen MR) is 89.6 cm³/mol. The number of fused-ring (bicyclic) bond motifs is 2. The molecule has 27 heavy (non-hydrogen) atoms. The Kier molecular flexibility index (Phi) is 5.03. The number of carbonyl (C=O) groups excluding carboxylic acids is 1. The number of nitrogens with one attached hydrogen (secondary N) is 1. The van der Waals surface area contributed by atoms with E-state index >= 15 is 0 Å². The third-order valence-corrected chi connectivity index (χ3v) is 5.47. The summed E-state index contributed by atoms with van der Waals surface area (Å²) in [5.41, 5.74) is 0. The van der Waals surface area contributed by atoms with Crippen LogP contribution >= 0.6 is 0 Å². The molecule has 3 aliphatic rings. The Balaban J connectivity index is 1.39. The first kappa shape index (κ1) is 18.6. The van der Waals surface area contributed by atoms with Gasteiger partial charge in [0, 0.05) is 45.7 Å². The Morgan fingerprint density at radius 1 is 1.26 bits per heavy atom. The van der Waals surface area contributed by atoms with Crippen molar-refractivity contribution in [2.45, 2.75) is 31.3 Å². The molecule has 0 saturated carbocycles. The van der Waals surface area contributed by atoms with Crippen LogP contribution < -0.4 is 5.32 Å². The van der Waals surface area contributed by atoms with Gasteiger partial charge in [-0.15, -0.1) is 14.5 Å². The quantitative estimate of drug-likeness (QED) is 0.580. The molecule has 1 aromatic rings. The zero-order valence-corrected chi connectivity index (χ0v) is 15.5. The van der Waals surface area contributed by atoms with Crippen LogP contribution in [-0.4, -0.2) is 89.4 Å². The molecule has 1 aromatic heterocycles. The Morgan fingerprint density at radius 2 is 2.04 bits per heavy atom. The first-order valence-corrected chi connectivity index (χ1v) is 10.3. The summed E-state index contributed by atoms with van der Waals surface area (Å²) in [6.45, 7) is 5.01. The minimum absolute atomic E-state index is 0.275. The van der Waals surface area contributed by atoms with Gasteiger partial charge in [-0.05, 0) is 12.8 Å². The summed E-state index contributed by atoms with van der Waals surface area (Å²) in [4.78, 5) is 16.2. The van der Waals surface area contributed by atoms with Crippen molar-refractivity contribution in [3.8, 4) is 0 Å². The van der Waals surface area contributed by atoms with E-state index in [9.17, 15) is 13.2 Å². The monoisotopic (exact) mass is 402 g/mol. The van der Waals surface area contributed by atoms with Crippen molar-refractivity contribution in [3.63, 3.8) is 0 Å². The Morgan fingerprint density at radius 3 is 2.78 bits per heavy atom. The maximum Gasteiger partial charge on any atom is 0.418 e. The highest BCUT2D eigenvalue weighted by molar-refractivity contribution is 7.80. The topological polar surface area (TPSA) is 141 Å². The lowest BCUT2D eigenvalue weighted by molar-refractivity contribution is -0.0317. The smallest absolute Gasteiger partial charge is 0.418 e. The van der Waals surface area contributed by atoms with Crippen molar-refractivity contribution in [1.82, 2.24) is 30.4 Å². The van der Waals surface area contributed by atoms with Gasteiger partial charge >= 0.3 is 16.4 Å². The van der Waals surface area contributed by atoms with Crippen LogP contribution in [0.15, 0.2) is 4.42 Å². The molecule has 0 aliphatic carbocycles. The second-order valence-corrected chi connectivity index (χ2v) is 7.89. The zero-order valence-electron chi connectivity index (χ0n) is 14.7. The van der Waals surface area contributed by atoms with Gasteiger partial charge in [0.25, 0.3) is 0 Å². The molecule has 4 rings (SSSR count).